The molecule has 0 aliphatic carbocycles. The number of nitrogens with one attached hydrogen (secondary N) is 1. The maximum absolute atomic E-state index is 11.8. The number of imidazole rings is 1. The molecule has 2 rings (SSSR count). The Kier molecular flexibility index (Phi) is 3.59. The molecule has 1 heterocycles. The first-order valence-corrected chi connectivity index (χ1v) is 7.44. The molecule has 0 bridgehead atoms. The number of anilines is 1. The molecule has 0 aliphatic rings. The van der Waals surface area contributed by atoms with Crippen molar-refractivity contribution in [3.63, 3.8) is 0 Å². The smallest absolute Gasteiger partial charge is 0.306 e. The van der Waals surface area contributed by atoms with E-state index in [4.69, 9.17) is 11.6 Å². The average molecular weight is 300 g/mol. The summed E-state index contributed by atoms with van der Waals surface area (Å²) in [6.45, 7) is 0. The molecule has 0 saturated carbocycles. The van der Waals surface area contributed by atoms with Gasteiger partial charge in [-0.3, -0.25) is 4.57 Å². The third-order valence-corrected chi connectivity index (χ3v) is 3.79. The quantitative estimate of drug-likeness (QED) is 0.920. The highest BCUT2D eigenvalue weighted by Gasteiger charge is 2.12. The zero-order valence-corrected chi connectivity index (χ0v) is 11.4. The largest absolute Gasteiger partial charge is 0.331 e. The number of halogens is 1. The summed E-state index contributed by atoms with van der Waals surface area (Å²) in [7, 11) is -3.36. The van der Waals surface area contributed by atoms with Gasteiger partial charge in [0.15, 0.2) is 9.84 Å². The monoisotopic (exact) mass is 299 g/mol. The van der Waals surface area contributed by atoms with Gasteiger partial charge in [0.25, 0.3) is 0 Å². The van der Waals surface area contributed by atoms with E-state index in [2.05, 4.69) is 10.3 Å². The summed E-state index contributed by atoms with van der Waals surface area (Å²) in [5, 5.41) is 2.76. The number of aromatic nitrogens is 2. The van der Waals surface area contributed by atoms with Gasteiger partial charge in [-0.2, -0.15) is 0 Å². The van der Waals surface area contributed by atoms with Crippen molar-refractivity contribution in [2.45, 2.75) is 4.90 Å². The first-order chi connectivity index (χ1) is 8.88. The van der Waals surface area contributed by atoms with Crippen LogP contribution >= 0.6 is 11.6 Å². The lowest BCUT2D eigenvalue weighted by molar-refractivity contribution is 0.253. The van der Waals surface area contributed by atoms with E-state index in [-0.39, 0.29) is 15.6 Å². The Balaban J connectivity index is 2.32. The molecular weight excluding hydrogens is 290 g/mol. The number of benzene rings is 1. The number of hydrogen-bond donors (Lipinski definition) is 1. The van der Waals surface area contributed by atoms with Crippen molar-refractivity contribution in [1.82, 2.24) is 9.55 Å². The fraction of sp³-hybridized carbons (Fsp3) is 0.0909. The molecule has 1 aromatic heterocycles. The van der Waals surface area contributed by atoms with Crippen molar-refractivity contribution >= 4 is 33.2 Å². The molecule has 1 N–H and O–H groups in total. The van der Waals surface area contributed by atoms with E-state index < -0.39 is 15.9 Å². The minimum Gasteiger partial charge on any atom is -0.306 e. The third-order valence-electron chi connectivity index (χ3n) is 2.35. The van der Waals surface area contributed by atoms with Gasteiger partial charge in [0.2, 0.25) is 0 Å². The minimum atomic E-state index is -3.36. The normalized spacial score (nSPS) is 11.3. The van der Waals surface area contributed by atoms with Crippen LogP contribution in [0.25, 0.3) is 0 Å². The van der Waals surface area contributed by atoms with Crippen molar-refractivity contribution in [3.05, 3.63) is 41.9 Å². The summed E-state index contributed by atoms with van der Waals surface area (Å²) in [6.07, 6.45) is 5.32. The van der Waals surface area contributed by atoms with E-state index in [0.29, 0.717) is 0 Å². The molecule has 0 unspecified atom stereocenters. The standard InChI is InChI=1S/C11H10ClN3O3S/c1-19(17,18)8-2-3-9(12)10(6-8)14-11(16)15-5-4-13-7-15/h2-7H,1H3,(H,14,16). The summed E-state index contributed by atoms with van der Waals surface area (Å²) in [5.74, 6) is 0. The fourth-order valence-corrected chi connectivity index (χ4v) is 2.20. The van der Waals surface area contributed by atoms with E-state index in [1.165, 1.54) is 41.5 Å². The number of rotatable bonds is 2. The van der Waals surface area contributed by atoms with Crippen LogP contribution in [0.4, 0.5) is 10.5 Å². The van der Waals surface area contributed by atoms with Crippen LogP contribution in [0.15, 0.2) is 41.8 Å². The van der Waals surface area contributed by atoms with Gasteiger partial charge in [-0.25, -0.2) is 18.2 Å². The number of carbonyl (C=O) groups is 1. The molecule has 1 aromatic carbocycles. The number of nitrogens with zero attached hydrogens (tertiary/aromatic N) is 2. The van der Waals surface area contributed by atoms with Crippen molar-refractivity contribution in [3.8, 4) is 0 Å². The Morgan fingerprint density at radius 3 is 2.74 bits per heavy atom. The van der Waals surface area contributed by atoms with Crippen molar-refractivity contribution in [2.75, 3.05) is 11.6 Å². The Bertz CT molecular complexity index is 711. The SMILES string of the molecule is CS(=O)(=O)c1ccc(Cl)c(NC(=O)n2ccnc2)c1. The molecule has 0 aliphatic heterocycles. The topological polar surface area (TPSA) is 81.1 Å². The highest BCUT2D eigenvalue weighted by Crippen LogP contribution is 2.25. The summed E-state index contributed by atoms with van der Waals surface area (Å²) in [4.78, 5) is 15.6. The zero-order valence-electron chi connectivity index (χ0n) is 9.87. The van der Waals surface area contributed by atoms with E-state index in [1.807, 2.05) is 0 Å². The summed E-state index contributed by atoms with van der Waals surface area (Å²) >= 11 is 5.92. The highest BCUT2D eigenvalue weighted by molar-refractivity contribution is 7.90. The molecule has 19 heavy (non-hydrogen) atoms. The Morgan fingerprint density at radius 1 is 1.42 bits per heavy atom. The number of hydrogen-bond acceptors (Lipinski definition) is 4. The van der Waals surface area contributed by atoms with Crippen LogP contribution in [-0.2, 0) is 9.84 Å². The molecule has 0 atom stereocenters. The minimum absolute atomic E-state index is 0.0813. The number of amides is 1. The molecule has 6 nitrogen and oxygen atoms in total. The molecule has 0 saturated heterocycles. The zero-order chi connectivity index (χ0) is 14.0. The second kappa shape index (κ2) is 5.02. The van der Waals surface area contributed by atoms with Gasteiger partial charge in [0, 0.05) is 18.6 Å². The molecule has 0 radical (unpaired) electrons. The first-order valence-electron chi connectivity index (χ1n) is 5.17. The van der Waals surface area contributed by atoms with Gasteiger partial charge in [-0.1, -0.05) is 11.6 Å². The van der Waals surface area contributed by atoms with Gasteiger partial charge < -0.3 is 5.32 Å². The van der Waals surface area contributed by atoms with Crippen molar-refractivity contribution in [2.24, 2.45) is 0 Å². The first kappa shape index (κ1) is 13.6. The van der Waals surface area contributed by atoms with E-state index >= 15 is 0 Å². The molecule has 2 aromatic rings. The van der Waals surface area contributed by atoms with E-state index in [9.17, 15) is 13.2 Å². The Morgan fingerprint density at radius 2 is 2.16 bits per heavy atom. The maximum atomic E-state index is 11.8. The molecule has 100 valence electrons. The van der Waals surface area contributed by atoms with Gasteiger partial charge >= 0.3 is 6.03 Å². The molecule has 1 amide bonds. The second-order valence-corrected chi connectivity index (χ2v) is 6.24. The van der Waals surface area contributed by atoms with Gasteiger partial charge in [0.1, 0.15) is 6.33 Å². The van der Waals surface area contributed by atoms with Crippen LogP contribution in [0.5, 0.6) is 0 Å². The summed E-state index contributed by atoms with van der Waals surface area (Å²) in [5.41, 5.74) is 0.225. The Labute approximate surface area is 114 Å². The second-order valence-electron chi connectivity index (χ2n) is 3.81. The highest BCUT2D eigenvalue weighted by atomic mass is 35.5. The van der Waals surface area contributed by atoms with Crippen LogP contribution in [0.1, 0.15) is 0 Å². The van der Waals surface area contributed by atoms with Crippen LogP contribution in [0.2, 0.25) is 5.02 Å². The maximum Gasteiger partial charge on any atom is 0.331 e. The predicted octanol–water partition coefficient (Wildman–Crippen LogP) is 2.02. The Hall–Kier alpha value is -1.86. The van der Waals surface area contributed by atoms with Crippen LogP contribution in [0.3, 0.4) is 0 Å². The van der Waals surface area contributed by atoms with Crippen molar-refractivity contribution < 1.29 is 13.2 Å². The number of sulfone groups is 1. The van der Waals surface area contributed by atoms with Gasteiger partial charge in [0.05, 0.1) is 15.6 Å². The van der Waals surface area contributed by atoms with Gasteiger partial charge in [-0.15, -0.1) is 0 Å². The van der Waals surface area contributed by atoms with E-state index in [0.717, 1.165) is 6.26 Å². The lowest BCUT2D eigenvalue weighted by Crippen LogP contribution is -2.18. The molecule has 0 fully saturated rings. The van der Waals surface area contributed by atoms with Gasteiger partial charge in [-0.05, 0) is 18.2 Å². The molecule has 0 spiro atoms. The number of carbonyl (C=O) groups excluding carboxylic acids is 1. The third kappa shape index (κ3) is 3.12. The lowest BCUT2D eigenvalue weighted by atomic mass is 10.3. The summed E-state index contributed by atoms with van der Waals surface area (Å²) in [6, 6.07) is 3.63. The van der Waals surface area contributed by atoms with E-state index in [1.54, 1.807) is 0 Å². The average Bonchev–Trinajstić information content (AvgIpc) is 2.84. The molecular formula is C11H10ClN3O3S. The fourth-order valence-electron chi connectivity index (χ4n) is 1.39. The lowest BCUT2D eigenvalue weighted by Gasteiger charge is -2.08. The van der Waals surface area contributed by atoms with Crippen molar-refractivity contribution in [1.29, 1.82) is 0 Å². The predicted molar refractivity (Wildman–Crippen MR) is 71.2 cm³/mol. The summed E-state index contributed by atoms with van der Waals surface area (Å²) < 4.78 is 24.1. The van der Waals surface area contributed by atoms with Crippen LogP contribution < -0.4 is 5.32 Å². The van der Waals surface area contributed by atoms with Crippen LogP contribution in [0, 0.1) is 0 Å². The van der Waals surface area contributed by atoms with Crippen LogP contribution in [-0.4, -0.2) is 30.3 Å². The molecule has 8 heteroatoms.